The third-order valence-electron chi connectivity index (χ3n) is 2.10. The summed E-state index contributed by atoms with van der Waals surface area (Å²) < 4.78 is 0. The summed E-state index contributed by atoms with van der Waals surface area (Å²) in [5.41, 5.74) is 0.639. The van der Waals surface area contributed by atoms with Crippen LogP contribution in [-0.2, 0) is 0 Å². The first-order valence-electron chi connectivity index (χ1n) is 5.13. The van der Waals surface area contributed by atoms with Crippen LogP contribution in [0.5, 0.6) is 0 Å². The van der Waals surface area contributed by atoms with E-state index in [0.717, 1.165) is 24.3 Å². The summed E-state index contributed by atoms with van der Waals surface area (Å²) in [4.78, 5) is 27.6. The van der Waals surface area contributed by atoms with Crippen LogP contribution >= 0.6 is 11.3 Å². The van der Waals surface area contributed by atoms with Gasteiger partial charge in [-0.25, -0.2) is 0 Å². The first-order valence-corrected chi connectivity index (χ1v) is 5.95. The van der Waals surface area contributed by atoms with E-state index in [2.05, 4.69) is 15.2 Å². The zero-order valence-electron chi connectivity index (χ0n) is 9.79. The van der Waals surface area contributed by atoms with E-state index in [9.17, 15) is 9.59 Å². The molecule has 0 saturated carbocycles. The molecule has 2 N–H and O–H groups in total. The van der Waals surface area contributed by atoms with E-state index in [1.807, 2.05) is 14.1 Å². The number of rotatable bonds is 5. The summed E-state index contributed by atoms with van der Waals surface area (Å²) in [6.45, 7) is 3.29. The maximum Gasteiger partial charge on any atom is 0.305 e. The molecule has 0 spiro atoms. The quantitative estimate of drug-likeness (QED) is 0.737. The van der Waals surface area contributed by atoms with Gasteiger partial charge in [0.05, 0.1) is 0 Å². The largest absolute Gasteiger partial charge is 0.351 e. The number of nitrogens with one attached hydrogen (secondary N) is 2. The highest BCUT2D eigenvalue weighted by Gasteiger charge is 2.12. The molecule has 0 fully saturated rings. The number of aryl methyl sites for hydroxylation is 1. The molecule has 1 aromatic heterocycles. The molecule has 0 aliphatic heterocycles. The second-order valence-electron chi connectivity index (χ2n) is 3.88. The molecule has 0 saturated heterocycles. The molecule has 5 nitrogen and oxygen atoms in total. The van der Waals surface area contributed by atoms with Crippen LogP contribution in [0.4, 0.5) is 0 Å². The van der Waals surface area contributed by atoms with Gasteiger partial charge in [-0.15, -0.1) is 0 Å². The minimum absolute atomic E-state index is 0.167. The molecule has 1 aromatic rings. The van der Waals surface area contributed by atoms with E-state index in [1.54, 1.807) is 6.92 Å². The first kappa shape index (κ1) is 12.9. The lowest BCUT2D eigenvalue weighted by molar-refractivity contribution is 0.0955. The number of amides is 1. The Labute approximate surface area is 98.5 Å². The molecule has 90 valence electrons. The standard InChI is InChI=1S/C10H17N3O2S/c1-7-8(16-10(15)12-7)9(14)11-5-4-6-13(2)3/h4-6H2,1-3H3,(H,11,14)(H,12,15). The molecular weight excluding hydrogens is 226 g/mol. The van der Waals surface area contributed by atoms with E-state index in [4.69, 9.17) is 0 Å². The summed E-state index contributed by atoms with van der Waals surface area (Å²) in [5.74, 6) is -0.167. The van der Waals surface area contributed by atoms with Crippen molar-refractivity contribution in [1.29, 1.82) is 0 Å². The van der Waals surface area contributed by atoms with Crippen molar-refractivity contribution in [2.45, 2.75) is 13.3 Å². The van der Waals surface area contributed by atoms with Crippen LogP contribution in [0.25, 0.3) is 0 Å². The zero-order chi connectivity index (χ0) is 12.1. The van der Waals surface area contributed by atoms with E-state index < -0.39 is 0 Å². The Hall–Kier alpha value is -1.14. The monoisotopic (exact) mass is 243 g/mol. The Bertz CT molecular complexity index is 408. The van der Waals surface area contributed by atoms with Gasteiger partial charge >= 0.3 is 4.87 Å². The molecule has 0 aliphatic carbocycles. The average Bonchev–Trinajstić information content (AvgIpc) is 2.52. The summed E-state index contributed by atoms with van der Waals surface area (Å²) in [6.07, 6.45) is 0.900. The van der Waals surface area contributed by atoms with Crippen molar-refractivity contribution in [2.24, 2.45) is 0 Å². The Morgan fingerprint density at radius 2 is 2.19 bits per heavy atom. The molecule has 1 rings (SSSR count). The van der Waals surface area contributed by atoms with Gasteiger partial charge in [0.2, 0.25) is 0 Å². The number of carbonyl (C=O) groups excluding carboxylic acids is 1. The van der Waals surface area contributed by atoms with Gasteiger partial charge in [-0.3, -0.25) is 9.59 Å². The summed E-state index contributed by atoms with van der Waals surface area (Å²) >= 11 is 0.953. The Balaban J connectivity index is 2.41. The summed E-state index contributed by atoms with van der Waals surface area (Å²) in [6, 6.07) is 0. The molecule has 1 heterocycles. The minimum Gasteiger partial charge on any atom is -0.351 e. The number of thiazole rings is 1. The molecule has 0 aliphatic rings. The molecule has 0 bridgehead atoms. The lowest BCUT2D eigenvalue weighted by Crippen LogP contribution is -2.26. The number of hydrogen-bond donors (Lipinski definition) is 2. The molecule has 0 unspecified atom stereocenters. The highest BCUT2D eigenvalue weighted by Crippen LogP contribution is 2.06. The fourth-order valence-electron chi connectivity index (χ4n) is 1.30. The zero-order valence-corrected chi connectivity index (χ0v) is 10.6. The molecule has 0 aromatic carbocycles. The van der Waals surface area contributed by atoms with Crippen LogP contribution < -0.4 is 10.2 Å². The van der Waals surface area contributed by atoms with Gasteiger partial charge in [0, 0.05) is 12.2 Å². The Kier molecular flexibility index (Phi) is 4.70. The van der Waals surface area contributed by atoms with Crippen molar-refractivity contribution in [3.8, 4) is 0 Å². The normalized spacial score (nSPS) is 10.8. The fraction of sp³-hybridized carbons (Fsp3) is 0.600. The van der Waals surface area contributed by atoms with Gasteiger partial charge in [0.25, 0.3) is 5.91 Å². The predicted molar refractivity (Wildman–Crippen MR) is 65.2 cm³/mol. The van der Waals surface area contributed by atoms with Gasteiger partial charge < -0.3 is 15.2 Å². The second-order valence-corrected chi connectivity index (χ2v) is 4.86. The van der Waals surface area contributed by atoms with Crippen LogP contribution in [0.1, 0.15) is 21.8 Å². The first-order chi connectivity index (χ1) is 7.50. The average molecular weight is 243 g/mol. The third kappa shape index (κ3) is 3.79. The van der Waals surface area contributed by atoms with Crippen molar-refractivity contribution in [3.05, 3.63) is 20.2 Å². The number of aromatic amines is 1. The number of carbonyl (C=O) groups is 1. The van der Waals surface area contributed by atoms with Crippen molar-refractivity contribution in [3.63, 3.8) is 0 Å². The minimum atomic E-state index is -0.184. The number of hydrogen-bond acceptors (Lipinski definition) is 4. The number of nitrogens with zero attached hydrogens (tertiary/aromatic N) is 1. The predicted octanol–water partition coefficient (Wildman–Crippen LogP) is 0.426. The molecular formula is C10H17N3O2S. The van der Waals surface area contributed by atoms with Gasteiger partial charge in [-0.1, -0.05) is 11.3 Å². The highest BCUT2D eigenvalue weighted by atomic mass is 32.1. The summed E-state index contributed by atoms with van der Waals surface area (Å²) in [7, 11) is 3.98. The summed E-state index contributed by atoms with van der Waals surface area (Å²) in [5, 5.41) is 2.79. The van der Waals surface area contributed by atoms with Gasteiger partial charge in [0.15, 0.2) is 0 Å². The third-order valence-corrected chi connectivity index (χ3v) is 3.08. The van der Waals surface area contributed by atoms with Gasteiger partial charge in [-0.2, -0.15) is 0 Å². The maximum atomic E-state index is 11.7. The molecule has 1 amide bonds. The fourth-order valence-corrected chi connectivity index (χ4v) is 2.06. The topological polar surface area (TPSA) is 65.2 Å². The molecule has 6 heteroatoms. The van der Waals surface area contributed by atoms with Crippen molar-refractivity contribution in [2.75, 3.05) is 27.2 Å². The van der Waals surface area contributed by atoms with E-state index >= 15 is 0 Å². The molecule has 0 radical (unpaired) electrons. The number of aromatic nitrogens is 1. The smallest absolute Gasteiger partial charge is 0.305 e. The van der Waals surface area contributed by atoms with Crippen LogP contribution in [0.3, 0.4) is 0 Å². The van der Waals surface area contributed by atoms with E-state index in [-0.39, 0.29) is 10.8 Å². The lowest BCUT2D eigenvalue weighted by atomic mass is 10.3. The van der Waals surface area contributed by atoms with Gasteiger partial charge in [-0.05, 0) is 34.0 Å². The van der Waals surface area contributed by atoms with Crippen LogP contribution in [0.2, 0.25) is 0 Å². The number of H-pyrrole nitrogens is 1. The van der Waals surface area contributed by atoms with Crippen molar-refractivity contribution < 1.29 is 4.79 Å². The highest BCUT2D eigenvalue weighted by molar-refractivity contribution is 7.11. The lowest BCUT2D eigenvalue weighted by Gasteiger charge is -2.09. The van der Waals surface area contributed by atoms with Crippen LogP contribution in [0.15, 0.2) is 4.79 Å². The van der Waals surface area contributed by atoms with Gasteiger partial charge in [0.1, 0.15) is 4.88 Å². The Morgan fingerprint density at radius 3 is 2.69 bits per heavy atom. The SMILES string of the molecule is Cc1[nH]c(=O)sc1C(=O)NCCCN(C)C. The van der Waals surface area contributed by atoms with E-state index in [0.29, 0.717) is 17.1 Å². The van der Waals surface area contributed by atoms with Crippen LogP contribution in [-0.4, -0.2) is 43.0 Å². The van der Waals surface area contributed by atoms with E-state index in [1.165, 1.54) is 0 Å². The molecule has 16 heavy (non-hydrogen) atoms. The van der Waals surface area contributed by atoms with Crippen molar-refractivity contribution >= 4 is 17.2 Å². The molecule has 0 atom stereocenters. The van der Waals surface area contributed by atoms with Crippen LogP contribution in [0, 0.1) is 6.92 Å². The van der Waals surface area contributed by atoms with Crippen molar-refractivity contribution in [1.82, 2.24) is 15.2 Å². The second kappa shape index (κ2) is 5.81. The maximum absolute atomic E-state index is 11.7. The Morgan fingerprint density at radius 1 is 1.50 bits per heavy atom.